The first-order chi connectivity index (χ1) is 24.1. The van der Waals surface area contributed by atoms with E-state index in [0.29, 0.717) is 44.8 Å². The molecule has 0 aromatic heterocycles. The van der Waals surface area contributed by atoms with Crippen molar-refractivity contribution in [1.29, 1.82) is 0 Å². The second kappa shape index (κ2) is 17.9. The van der Waals surface area contributed by atoms with Gasteiger partial charge in [-0.25, -0.2) is 4.79 Å². The Labute approximate surface area is 305 Å². The Bertz CT molecular complexity index is 1390. The number of carbonyl (C=O) groups excluding carboxylic acids is 2. The van der Waals surface area contributed by atoms with Crippen molar-refractivity contribution in [2.24, 2.45) is 16.7 Å². The molecule has 0 spiro atoms. The largest absolute Gasteiger partial charge is 0.497 e. The number of ether oxygens (including phenoxy) is 8. The molecule has 2 aromatic carbocycles. The normalized spacial score (nSPS) is 25.9. The van der Waals surface area contributed by atoms with Gasteiger partial charge in [0.15, 0.2) is 6.10 Å². The molecule has 0 aliphatic heterocycles. The standard InChI is InChI=1S/C40H60O10Si/c1-38(2)25-33(50-37(42)30-13-11-10-12-14-30)35(41)40(49-28-46-23-24-51(7,8)9)20-19-32(39(40,3)4)34(36(38)48-27-45-22-21-43-5)47-26-29-15-17-31(44-6)18-16-29/h10-18,32-34,36H,19-28H2,1-9H3/t32-,33-,34-,36-,40-/m1/s1. The Balaban J connectivity index is 1.75. The lowest BCUT2D eigenvalue weighted by Crippen LogP contribution is -2.57. The maximum Gasteiger partial charge on any atom is 0.338 e. The van der Waals surface area contributed by atoms with Crippen LogP contribution < -0.4 is 4.74 Å². The van der Waals surface area contributed by atoms with Gasteiger partial charge in [0.05, 0.1) is 44.7 Å². The monoisotopic (exact) mass is 728 g/mol. The van der Waals surface area contributed by atoms with Crippen LogP contribution in [0, 0.1) is 16.7 Å². The van der Waals surface area contributed by atoms with Crippen LogP contribution in [0.3, 0.4) is 0 Å². The fourth-order valence-corrected chi connectivity index (χ4v) is 8.25. The third-order valence-corrected chi connectivity index (χ3v) is 12.4. The molecule has 2 fully saturated rings. The summed E-state index contributed by atoms with van der Waals surface area (Å²) in [5.41, 5.74) is -1.45. The van der Waals surface area contributed by atoms with Gasteiger partial charge in [-0.2, -0.15) is 0 Å². The molecule has 2 aliphatic carbocycles. The lowest BCUT2D eigenvalue weighted by atomic mass is 9.67. The Kier molecular flexibility index (Phi) is 14.4. The number of carbonyl (C=O) groups is 2. The minimum absolute atomic E-state index is 0.00197. The molecule has 51 heavy (non-hydrogen) atoms. The first kappa shape index (κ1) is 41.1. The highest BCUT2D eigenvalue weighted by Crippen LogP contribution is 2.58. The lowest BCUT2D eigenvalue weighted by molar-refractivity contribution is -0.212. The lowest BCUT2D eigenvalue weighted by Gasteiger charge is -2.46. The molecule has 11 heteroatoms. The Hall–Kier alpha value is -2.64. The van der Waals surface area contributed by atoms with E-state index < -0.39 is 48.8 Å². The molecule has 2 aromatic rings. The number of methoxy groups -OCH3 is 2. The van der Waals surface area contributed by atoms with Crippen LogP contribution in [0.1, 0.15) is 62.9 Å². The molecule has 0 heterocycles. The quantitative estimate of drug-likeness (QED) is 0.0671. The Morgan fingerprint density at radius 2 is 1.55 bits per heavy atom. The zero-order chi connectivity index (χ0) is 37.3. The van der Waals surface area contributed by atoms with Gasteiger partial charge in [0.25, 0.3) is 0 Å². The predicted octanol–water partition coefficient (Wildman–Crippen LogP) is 7.31. The number of benzene rings is 2. The number of hydrogen-bond acceptors (Lipinski definition) is 10. The van der Waals surface area contributed by atoms with E-state index in [9.17, 15) is 4.79 Å². The Morgan fingerprint density at radius 1 is 0.863 bits per heavy atom. The zero-order valence-corrected chi connectivity index (χ0v) is 33.2. The maximum absolute atomic E-state index is 15.1. The molecule has 10 nitrogen and oxygen atoms in total. The SMILES string of the molecule is COCCOCO[C@@H]1[C@H](OCc2ccc(OC)cc2)[C@H]2CC[C@@](OCOCC[Si](C)(C)C)(C(=O)[C@H](OC(=O)c3ccccc3)CC1(C)C)C2(C)C. The summed E-state index contributed by atoms with van der Waals surface area (Å²) in [5.74, 6) is -0.233. The summed E-state index contributed by atoms with van der Waals surface area (Å²) in [6.45, 7) is 16.7. The molecular weight excluding hydrogens is 669 g/mol. The van der Waals surface area contributed by atoms with E-state index in [1.54, 1.807) is 38.5 Å². The fourth-order valence-electron chi connectivity index (χ4n) is 7.50. The van der Waals surface area contributed by atoms with Crippen molar-refractivity contribution < 1.29 is 47.5 Å². The van der Waals surface area contributed by atoms with E-state index in [-0.39, 0.29) is 31.7 Å². The van der Waals surface area contributed by atoms with E-state index in [0.717, 1.165) is 17.4 Å². The van der Waals surface area contributed by atoms with Crippen LogP contribution in [-0.4, -0.2) is 91.4 Å². The van der Waals surface area contributed by atoms with Gasteiger partial charge in [-0.05, 0) is 66.5 Å². The maximum atomic E-state index is 15.1. The first-order valence-electron chi connectivity index (χ1n) is 18.1. The summed E-state index contributed by atoms with van der Waals surface area (Å²) < 4.78 is 48.8. The number of Topliss-reactive ketones (excluding diaryl/α,β-unsaturated/α-hetero) is 1. The summed E-state index contributed by atoms with van der Waals surface area (Å²) in [5, 5.41) is 0. The van der Waals surface area contributed by atoms with Crippen LogP contribution in [0.25, 0.3) is 0 Å². The third kappa shape index (κ3) is 10.3. The van der Waals surface area contributed by atoms with Gasteiger partial charge in [0, 0.05) is 27.2 Å². The summed E-state index contributed by atoms with van der Waals surface area (Å²) in [6.07, 6.45) is -0.914. The number of rotatable bonds is 18. The van der Waals surface area contributed by atoms with Crippen molar-refractivity contribution >= 4 is 19.8 Å². The highest BCUT2D eigenvalue weighted by atomic mass is 28.3. The van der Waals surface area contributed by atoms with Crippen LogP contribution in [0.15, 0.2) is 54.6 Å². The number of hydrogen-bond donors (Lipinski definition) is 0. The molecular formula is C40H60O10Si. The fraction of sp³-hybridized carbons (Fsp3) is 0.650. The molecule has 284 valence electrons. The van der Waals surface area contributed by atoms with Crippen LogP contribution in [0.5, 0.6) is 5.75 Å². The van der Waals surface area contributed by atoms with Crippen LogP contribution in [-0.2, 0) is 44.6 Å². The van der Waals surface area contributed by atoms with Gasteiger partial charge in [-0.15, -0.1) is 0 Å². The molecule has 0 N–H and O–H groups in total. The molecule has 0 unspecified atom stereocenters. The summed E-state index contributed by atoms with van der Waals surface area (Å²) >= 11 is 0. The van der Waals surface area contributed by atoms with Crippen molar-refractivity contribution in [1.82, 2.24) is 0 Å². The van der Waals surface area contributed by atoms with Crippen LogP contribution >= 0.6 is 0 Å². The first-order valence-corrected chi connectivity index (χ1v) is 21.8. The Morgan fingerprint density at radius 3 is 2.20 bits per heavy atom. The van der Waals surface area contributed by atoms with Gasteiger partial charge in [0.2, 0.25) is 5.78 Å². The van der Waals surface area contributed by atoms with Crippen molar-refractivity contribution in [3.05, 3.63) is 65.7 Å². The van der Waals surface area contributed by atoms with E-state index in [2.05, 4.69) is 33.5 Å². The van der Waals surface area contributed by atoms with E-state index in [1.165, 1.54) is 0 Å². The van der Waals surface area contributed by atoms with E-state index in [1.807, 2.05) is 44.2 Å². The smallest absolute Gasteiger partial charge is 0.338 e. The van der Waals surface area contributed by atoms with Crippen molar-refractivity contribution in [3.8, 4) is 5.75 Å². The van der Waals surface area contributed by atoms with Gasteiger partial charge < -0.3 is 37.9 Å². The average molecular weight is 729 g/mol. The third-order valence-electron chi connectivity index (χ3n) is 10.7. The van der Waals surface area contributed by atoms with Crippen LogP contribution in [0.4, 0.5) is 0 Å². The molecule has 0 saturated heterocycles. The molecule has 0 radical (unpaired) electrons. The number of esters is 1. The molecule has 2 aliphatic rings. The summed E-state index contributed by atoms with van der Waals surface area (Å²) in [6, 6.07) is 17.5. The van der Waals surface area contributed by atoms with Gasteiger partial charge in [-0.3, -0.25) is 4.79 Å². The van der Waals surface area contributed by atoms with Crippen molar-refractivity contribution in [3.63, 3.8) is 0 Å². The average Bonchev–Trinajstić information content (AvgIpc) is 3.36. The number of ketones is 1. The van der Waals surface area contributed by atoms with Gasteiger partial charge >= 0.3 is 5.97 Å². The summed E-state index contributed by atoms with van der Waals surface area (Å²) in [4.78, 5) is 28.7. The number of fused-ring (bicyclic) bond motifs is 2. The summed E-state index contributed by atoms with van der Waals surface area (Å²) in [7, 11) is 1.92. The van der Waals surface area contributed by atoms with Crippen molar-refractivity contribution in [2.45, 2.75) is 103 Å². The van der Waals surface area contributed by atoms with Gasteiger partial charge in [0.1, 0.15) is 24.9 Å². The molecule has 4 rings (SSSR count). The van der Waals surface area contributed by atoms with E-state index >= 15 is 4.79 Å². The second-order valence-corrected chi connectivity index (χ2v) is 21.8. The molecule has 5 atom stereocenters. The highest BCUT2D eigenvalue weighted by Gasteiger charge is 2.66. The minimum Gasteiger partial charge on any atom is -0.497 e. The molecule has 0 amide bonds. The topological polar surface area (TPSA) is 108 Å². The zero-order valence-electron chi connectivity index (χ0n) is 32.2. The molecule has 2 bridgehead atoms. The predicted molar refractivity (Wildman–Crippen MR) is 197 cm³/mol. The van der Waals surface area contributed by atoms with Gasteiger partial charge in [-0.1, -0.05) is 77.7 Å². The van der Waals surface area contributed by atoms with Crippen molar-refractivity contribution in [2.75, 3.05) is 47.6 Å². The molecule has 2 saturated carbocycles. The van der Waals surface area contributed by atoms with E-state index in [4.69, 9.17) is 37.9 Å². The second-order valence-electron chi connectivity index (χ2n) is 16.2. The minimum atomic E-state index is -1.34. The highest BCUT2D eigenvalue weighted by molar-refractivity contribution is 6.76. The van der Waals surface area contributed by atoms with Crippen LogP contribution in [0.2, 0.25) is 25.7 Å².